The second-order valence-corrected chi connectivity index (χ2v) is 5.27. The lowest BCUT2D eigenvalue weighted by Crippen LogP contribution is -2.42. The van der Waals surface area contributed by atoms with Crippen molar-refractivity contribution in [3.63, 3.8) is 0 Å². The molecule has 1 aliphatic heterocycles. The van der Waals surface area contributed by atoms with Gasteiger partial charge in [0.2, 0.25) is 5.91 Å². The number of carbonyl (C=O) groups is 1. The van der Waals surface area contributed by atoms with Gasteiger partial charge in [-0.3, -0.25) is 4.79 Å². The molecule has 2 heterocycles. The first-order valence-corrected chi connectivity index (χ1v) is 6.88. The predicted molar refractivity (Wildman–Crippen MR) is 75.5 cm³/mol. The Labute approximate surface area is 118 Å². The summed E-state index contributed by atoms with van der Waals surface area (Å²) in [6.45, 7) is 5.32. The van der Waals surface area contributed by atoms with Crippen molar-refractivity contribution >= 4 is 23.3 Å². The predicted octanol–water partition coefficient (Wildman–Crippen LogP) is 1.71. The molecule has 1 amide bonds. The Bertz CT molecular complexity index is 492. The Morgan fingerprint density at radius 2 is 2.05 bits per heavy atom. The maximum absolute atomic E-state index is 11.7. The molecule has 6 heteroatoms. The van der Waals surface area contributed by atoms with Gasteiger partial charge >= 0.3 is 0 Å². The summed E-state index contributed by atoms with van der Waals surface area (Å²) in [5.74, 6) is 0.772. The molecular formula is C13H19ClN4O. The third-order valence-electron chi connectivity index (χ3n) is 3.59. The van der Waals surface area contributed by atoms with Crippen molar-refractivity contribution in [3.05, 3.63) is 16.5 Å². The van der Waals surface area contributed by atoms with Crippen LogP contribution in [0.1, 0.15) is 24.2 Å². The van der Waals surface area contributed by atoms with E-state index in [0.29, 0.717) is 17.5 Å². The van der Waals surface area contributed by atoms with Crippen molar-refractivity contribution in [1.29, 1.82) is 0 Å². The lowest BCUT2D eigenvalue weighted by atomic mass is 9.97. The van der Waals surface area contributed by atoms with Crippen molar-refractivity contribution in [2.75, 3.05) is 25.0 Å². The smallest absolute Gasteiger partial charge is 0.224 e. The van der Waals surface area contributed by atoms with Gasteiger partial charge < -0.3 is 10.2 Å². The molecule has 1 unspecified atom stereocenters. The average molecular weight is 283 g/mol. The van der Waals surface area contributed by atoms with Gasteiger partial charge in [0, 0.05) is 20.1 Å². The van der Waals surface area contributed by atoms with Gasteiger partial charge in [0.05, 0.1) is 17.3 Å². The first-order valence-electron chi connectivity index (χ1n) is 6.50. The summed E-state index contributed by atoms with van der Waals surface area (Å²) in [6, 6.07) is 0. The number of nitrogens with zero attached hydrogens (tertiary/aromatic N) is 3. The average Bonchev–Trinajstić information content (AvgIpc) is 2.42. The van der Waals surface area contributed by atoms with Crippen molar-refractivity contribution in [3.8, 4) is 0 Å². The lowest BCUT2D eigenvalue weighted by molar-refractivity contribution is -0.124. The van der Waals surface area contributed by atoms with Gasteiger partial charge in [-0.1, -0.05) is 11.6 Å². The summed E-state index contributed by atoms with van der Waals surface area (Å²) in [5.41, 5.74) is 1.72. The number of aryl methyl sites for hydroxylation is 2. The summed E-state index contributed by atoms with van der Waals surface area (Å²) in [5, 5.41) is 3.12. The summed E-state index contributed by atoms with van der Waals surface area (Å²) in [7, 11) is 1.67. The Morgan fingerprint density at radius 1 is 1.37 bits per heavy atom. The topological polar surface area (TPSA) is 58.1 Å². The summed E-state index contributed by atoms with van der Waals surface area (Å²) in [4.78, 5) is 22.6. The summed E-state index contributed by atoms with van der Waals surface area (Å²) in [6.07, 6.45) is 1.87. The quantitative estimate of drug-likeness (QED) is 0.897. The molecule has 1 aromatic heterocycles. The molecule has 1 aliphatic rings. The minimum Gasteiger partial charge on any atom is -0.359 e. The second-order valence-electron chi connectivity index (χ2n) is 4.91. The molecule has 1 atom stereocenters. The van der Waals surface area contributed by atoms with E-state index < -0.39 is 0 Å². The molecule has 0 spiro atoms. The standard InChI is InChI=1S/C13H19ClN4O/c1-8-9(2)17-12(11(14)16-8)18-6-4-5-10(7-18)13(19)15-3/h10H,4-7H2,1-3H3,(H,15,19). The van der Waals surface area contributed by atoms with Crippen LogP contribution in [0, 0.1) is 19.8 Å². The van der Waals surface area contributed by atoms with Crippen molar-refractivity contribution in [2.24, 2.45) is 5.92 Å². The van der Waals surface area contributed by atoms with E-state index in [1.54, 1.807) is 7.05 Å². The van der Waals surface area contributed by atoms with Crippen LogP contribution in [0.4, 0.5) is 5.82 Å². The summed E-state index contributed by atoms with van der Waals surface area (Å²) < 4.78 is 0. The first kappa shape index (κ1) is 14.1. The van der Waals surface area contributed by atoms with Gasteiger partial charge in [0.25, 0.3) is 0 Å². The van der Waals surface area contributed by atoms with Crippen LogP contribution in [-0.2, 0) is 4.79 Å². The van der Waals surface area contributed by atoms with E-state index in [1.165, 1.54) is 0 Å². The van der Waals surface area contributed by atoms with Crippen LogP contribution in [0.3, 0.4) is 0 Å². The van der Waals surface area contributed by atoms with Crippen LogP contribution in [0.25, 0.3) is 0 Å². The van der Waals surface area contributed by atoms with Crippen molar-refractivity contribution < 1.29 is 4.79 Å². The van der Waals surface area contributed by atoms with Crippen molar-refractivity contribution in [2.45, 2.75) is 26.7 Å². The second kappa shape index (κ2) is 5.74. The zero-order valence-corrected chi connectivity index (χ0v) is 12.3. The fourth-order valence-corrected chi connectivity index (χ4v) is 2.64. The monoisotopic (exact) mass is 282 g/mol. The molecule has 104 valence electrons. The zero-order chi connectivity index (χ0) is 14.0. The van der Waals surface area contributed by atoms with Gasteiger partial charge in [-0.15, -0.1) is 0 Å². The highest BCUT2D eigenvalue weighted by Crippen LogP contribution is 2.27. The summed E-state index contributed by atoms with van der Waals surface area (Å²) >= 11 is 6.18. The van der Waals surface area contributed by atoms with Crippen LogP contribution in [0.2, 0.25) is 5.15 Å². The van der Waals surface area contributed by atoms with E-state index in [9.17, 15) is 4.79 Å². The van der Waals surface area contributed by atoms with E-state index in [2.05, 4.69) is 20.2 Å². The van der Waals surface area contributed by atoms with Gasteiger partial charge in [0.1, 0.15) is 0 Å². The number of piperidine rings is 1. The number of hydrogen-bond acceptors (Lipinski definition) is 4. The highest BCUT2D eigenvalue weighted by Gasteiger charge is 2.27. The third-order valence-corrected chi connectivity index (χ3v) is 3.84. The molecule has 1 fully saturated rings. The minimum absolute atomic E-state index is 0.00164. The SMILES string of the molecule is CNC(=O)C1CCCN(c2nc(C)c(C)nc2Cl)C1. The maximum atomic E-state index is 11.7. The molecule has 0 aromatic carbocycles. The minimum atomic E-state index is -0.00164. The molecule has 19 heavy (non-hydrogen) atoms. The molecule has 0 aliphatic carbocycles. The Kier molecular flexibility index (Phi) is 4.24. The zero-order valence-electron chi connectivity index (χ0n) is 11.5. The highest BCUT2D eigenvalue weighted by atomic mass is 35.5. The number of rotatable bonds is 2. The molecule has 1 saturated heterocycles. The van der Waals surface area contributed by atoms with Crippen LogP contribution in [0.15, 0.2) is 0 Å². The van der Waals surface area contributed by atoms with Gasteiger partial charge in [0.15, 0.2) is 11.0 Å². The first-order chi connectivity index (χ1) is 9.02. The van der Waals surface area contributed by atoms with E-state index in [0.717, 1.165) is 30.8 Å². The van der Waals surface area contributed by atoms with Crippen molar-refractivity contribution in [1.82, 2.24) is 15.3 Å². The van der Waals surface area contributed by atoms with Crippen LogP contribution >= 0.6 is 11.6 Å². The third kappa shape index (κ3) is 2.97. The fraction of sp³-hybridized carbons (Fsp3) is 0.615. The number of nitrogens with one attached hydrogen (secondary N) is 1. The van der Waals surface area contributed by atoms with E-state index in [1.807, 2.05) is 13.8 Å². The number of aromatic nitrogens is 2. The van der Waals surface area contributed by atoms with E-state index in [4.69, 9.17) is 11.6 Å². The van der Waals surface area contributed by atoms with Gasteiger partial charge in [-0.05, 0) is 26.7 Å². The van der Waals surface area contributed by atoms with Crippen LogP contribution in [-0.4, -0.2) is 36.0 Å². The van der Waals surface area contributed by atoms with Crippen LogP contribution < -0.4 is 10.2 Å². The number of hydrogen-bond donors (Lipinski definition) is 1. The Balaban J connectivity index is 2.22. The molecule has 5 nitrogen and oxygen atoms in total. The molecule has 0 radical (unpaired) electrons. The number of anilines is 1. The Morgan fingerprint density at radius 3 is 2.74 bits per heavy atom. The normalized spacial score (nSPS) is 19.4. The lowest BCUT2D eigenvalue weighted by Gasteiger charge is -2.33. The molecule has 0 saturated carbocycles. The largest absolute Gasteiger partial charge is 0.359 e. The fourth-order valence-electron chi connectivity index (χ4n) is 2.35. The Hall–Kier alpha value is -1.36. The molecular weight excluding hydrogens is 264 g/mol. The number of amides is 1. The highest BCUT2D eigenvalue weighted by molar-refractivity contribution is 6.31. The van der Waals surface area contributed by atoms with E-state index in [-0.39, 0.29) is 11.8 Å². The number of carbonyl (C=O) groups excluding carboxylic acids is 1. The molecule has 1 aromatic rings. The van der Waals surface area contributed by atoms with E-state index >= 15 is 0 Å². The number of halogens is 1. The molecule has 2 rings (SSSR count). The molecule has 0 bridgehead atoms. The molecule has 1 N–H and O–H groups in total. The van der Waals surface area contributed by atoms with Gasteiger partial charge in [-0.25, -0.2) is 9.97 Å². The maximum Gasteiger partial charge on any atom is 0.224 e. The van der Waals surface area contributed by atoms with Crippen LogP contribution in [0.5, 0.6) is 0 Å². The van der Waals surface area contributed by atoms with Gasteiger partial charge in [-0.2, -0.15) is 0 Å².